The number of piperazine rings is 1. The van der Waals surface area contributed by atoms with E-state index >= 15 is 0 Å². The molecule has 3 heterocycles. The van der Waals surface area contributed by atoms with Gasteiger partial charge in [0.1, 0.15) is 5.69 Å². The second kappa shape index (κ2) is 8.26. The molecule has 3 aliphatic rings. The molecule has 1 aromatic heterocycles. The largest absolute Gasteiger partial charge is 0.339 e. The van der Waals surface area contributed by atoms with Crippen LogP contribution in [0.3, 0.4) is 0 Å². The van der Waals surface area contributed by atoms with Crippen molar-refractivity contribution in [2.45, 2.75) is 32.1 Å². The smallest absolute Gasteiger partial charge is 0.274 e. The van der Waals surface area contributed by atoms with Crippen molar-refractivity contribution < 1.29 is 19.2 Å². The molecule has 29 heavy (non-hydrogen) atoms. The van der Waals surface area contributed by atoms with Gasteiger partial charge in [-0.1, -0.05) is 12.8 Å². The lowest BCUT2D eigenvalue weighted by Crippen LogP contribution is -2.51. The van der Waals surface area contributed by atoms with E-state index in [0.29, 0.717) is 31.9 Å². The van der Waals surface area contributed by atoms with Crippen molar-refractivity contribution in [2.75, 3.05) is 32.7 Å². The van der Waals surface area contributed by atoms with Crippen LogP contribution in [0.5, 0.6) is 0 Å². The number of hydrogen-bond acceptors (Lipinski definition) is 6. The van der Waals surface area contributed by atoms with Crippen LogP contribution in [-0.4, -0.2) is 81.0 Å². The van der Waals surface area contributed by atoms with Gasteiger partial charge < -0.3 is 9.80 Å². The monoisotopic (exact) mass is 399 g/mol. The number of likely N-dealkylation sites (tertiary alicyclic amines) is 1. The molecule has 2 unspecified atom stereocenters. The van der Waals surface area contributed by atoms with E-state index in [2.05, 4.69) is 9.97 Å². The Kier molecular flexibility index (Phi) is 5.55. The van der Waals surface area contributed by atoms with Gasteiger partial charge in [0.05, 0.1) is 18.0 Å². The lowest BCUT2D eigenvalue weighted by molar-refractivity contribution is -0.141. The van der Waals surface area contributed by atoms with Crippen LogP contribution < -0.4 is 0 Å². The summed E-state index contributed by atoms with van der Waals surface area (Å²) >= 11 is 0. The predicted molar refractivity (Wildman–Crippen MR) is 101 cm³/mol. The van der Waals surface area contributed by atoms with Gasteiger partial charge in [-0.2, -0.15) is 0 Å². The van der Waals surface area contributed by atoms with Crippen LogP contribution >= 0.6 is 0 Å². The van der Waals surface area contributed by atoms with Gasteiger partial charge in [0.25, 0.3) is 5.91 Å². The normalized spacial score (nSPS) is 24.6. The molecule has 9 heteroatoms. The first kappa shape index (κ1) is 19.5. The molecule has 4 rings (SSSR count). The summed E-state index contributed by atoms with van der Waals surface area (Å²) < 4.78 is 0. The van der Waals surface area contributed by atoms with Crippen LogP contribution in [0.25, 0.3) is 0 Å². The van der Waals surface area contributed by atoms with Crippen LogP contribution in [0.15, 0.2) is 18.6 Å². The highest BCUT2D eigenvalue weighted by molar-refractivity contribution is 6.05. The minimum atomic E-state index is -0.193. The second-order valence-electron chi connectivity index (χ2n) is 7.84. The second-order valence-corrected chi connectivity index (χ2v) is 7.84. The number of nitrogens with zero attached hydrogens (tertiary/aromatic N) is 5. The van der Waals surface area contributed by atoms with Gasteiger partial charge in [-0.15, -0.1) is 0 Å². The maximum absolute atomic E-state index is 12.6. The Hall–Kier alpha value is -2.84. The highest BCUT2D eigenvalue weighted by Gasteiger charge is 2.47. The van der Waals surface area contributed by atoms with Crippen molar-refractivity contribution in [3.63, 3.8) is 0 Å². The molecule has 2 saturated heterocycles. The number of amides is 4. The van der Waals surface area contributed by atoms with Crippen molar-refractivity contribution in [3.05, 3.63) is 24.3 Å². The summed E-state index contributed by atoms with van der Waals surface area (Å²) in [4.78, 5) is 62.6. The molecule has 0 spiro atoms. The summed E-state index contributed by atoms with van der Waals surface area (Å²) in [5.74, 6) is -0.851. The average Bonchev–Trinajstić information content (AvgIpc) is 3.02. The number of hydrogen-bond donors (Lipinski definition) is 0. The molecule has 0 bridgehead atoms. The lowest BCUT2D eigenvalue weighted by atomic mass is 9.81. The van der Waals surface area contributed by atoms with Gasteiger partial charge in [0, 0.05) is 51.5 Å². The molecule has 1 aromatic rings. The zero-order chi connectivity index (χ0) is 20.4. The standard InChI is InChI=1S/C20H25N5O4/c26-17(5-8-25-18(27)14-3-1-2-4-15(14)19(25)28)23-9-11-24(12-10-23)20(29)16-13-21-6-7-22-16/h6-7,13-15H,1-5,8-12H2. The fourth-order valence-electron chi connectivity index (χ4n) is 4.55. The third-order valence-electron chi connectivity index (χ3n) is 6.18. The molecule has 3 fully saturated rings. The lowest BCUT2D eigenvalue weighted by Gasteiger charge is -2.34. The molecule has 2 atom stereocenters. The van der Waals surface area contributed by atoms with E-state index in [4.69, 9.17) is 0 Å². The van der Waals surface area contributed by atoms with Crippen LogP contribution in [0.1, 0.15) is 42.6 Å². The van der Waals surface area contributed by atoms with E-state index in [1.807, 2.05) is 0 Å². The molecule has 9 nitrogen and oxygen atoms in total. The van der Waals surface area contributed by atoms with Gasteiger partial charge in [0.15, 0.2) is 0 Å². The molecule has 4 amide bonds. The molecule has 0 aromatic carbocycles. The molecule has 0 radical (unpaired) electrons. The van der Waals surface area contributed by atoms with Crippen molar-refractivity contribution >= 4 is 23.6 Å². The van der Waals surface area contributed by atoms with E-state index < -0.39 is 0 Å². The van der Waals surface area contributed by atoms with Gasteiger partial charge in [-0.25, -0.2) is 4.98 Å². The molecule has 2 aliphatic heterocycles. The first-order valence-corrected chi connectivity index (χ1v) is 10.2. The fraction of sp³-hybridized carbons (Fsp3) is 0.600. The van der Waals surface area contributed by atoms with Crippen molar-refractivity contribution in [2.24, 2.45) is 11.8 Å². The number of carbonyl (C=O) groups excluding carboxylic acids is 4. The number of fused-ring (bicyclic) bond motifs is 1. The van der Waals surface area contributed by atoms with E-state index in [0.717, 1.165) is 25.7 Å². The number of imide groups is 1. The molecule has 1 aliphatic carbocycles. The number of rotatable bonds is 4. The molecule has 1 saturated carbocycles. The van der Waals surface area contributed by atoms with E-state index in [9.17, 15) is 19.2 Å². The summed E-state index contributed by atoms with van der Waals surface area (Å²) in [6.45, 7) is 1.86. The Morgan fingerprint density at radius 3 is 2.14 bits per heavy atom. The van der Waals surface area contributed by atoms with E-state index in [1.54, 1.807) is 9.80 Å². The predicted octanol–water partition coefficient (Wildman–Crippen LogP) is 0.326. The zero-order valence-electron chi connectivity index (χ0n) is 16.3. The van der Waals surface area contributed by atoms with E-state index in [-0.39, 0.29) is 48.4 Å². The average molecular weight is 399 g/mol. The Balaban J connectivity index is 1.27. The minimum Gasteiger partial charge on any atom is -0.339 e. The molecular formula is C20H25N5O4. The summed E-state index contributed by atoms with van der Waals surface area (Å²) in [5.41, 5.74) is 0.291. The Morgan fingerprint density at radius 1 is 0.931 bits per heavy atom. The first-order valence-electron chi connectivity index (χ1n) is 10.2. The first-order chi connectivity index (χ1) is 14.1. The SMILES string of the molecule is O=C(CCN1C(=O)C2CCCCC2C1=O)N1CCN(C(=O)c2cnccn2)CC1. The molecule has 154 valence electrons. The number of aromatic nitrogens is 2. The van der Waals surface area contributed by atoms with Crippen LogP contribution in [0.2, 0.25) is 0 Å². The van der Waals surface area contributed by atoms with E-state index in [1.165, 1.54) is 23.5 Å². The fourth-order valence-corrected chi connectivity index (χ4v) is 4.55. The minimum absolute atomic E-state index is 0.0907. The van der Waals surface area contributed by atoms with Crippen molar-refractivity contribution in [1.29, 1.82) is 0 Å². The highest BCUT2D eigenvalue weighted by atomic mass is 16.2. The maximum Gasteiger partial charge on any atom is 0.274 e. The van der Waals surface area contributed by atoms with Crippen LogP contribution in [-0.2, 0) is 14.4 Å². The molecule has 0 N–H and O–H groups in total. The van der Waals surface area contributed by atoms with Gasteiger partial charge in [-0.05, 0) is 12.8 Å². The van der Waals surface area contributed by atoms with Gasteiger partial charge in [-0.3, -0.25) is 29.1 Å². The third-order valence-corrected chi connectivity index (χ3v) is 6.18. The highest BCUT2D eigenvalue weighted by Crippen LogP contribution is 2.38. The number of carbonyl (C=O) groups is 4. The van der Waals surface area contributed by atoms with Crippen LogP contribution in [0, 0.1) is 11.8 Å². The molecular weight excluding hydrogens is 374 g/mol. The third kappa shape index (κ3) is 3.86. The Morgan fingerprint density at radius 2 is 1.55 bits per heavy atom. The summed E-state index contributed by atoms with van der Waals surface area (Å²) in [5, 5.41) is 0. The summed E-state index contributed by atoms with van der Waals surface area (Å²) in [6, 6.07) is 0. The summed E-state index contributed by atoms with van der Waals surface area (Å²) in [6.07, 6.45) is 8.09. The van der Waals surface area contributed by atoms with Crippen LogP contribution in [0.4, 0.5) is 0 Å². The maximum atomic E-state index is 12.6. The van der Waals surface area contributed by atoms with Gasteiger partial charge >= 0.3 is 0 Å². The van der Waals surface area contributed by atoms with Crippen molar-refractivity contribution in [1.82, 2.24) is 24.7 Å². The summed E-state index contributed by atoms with van der Waals surface area (Å²) in [7, 11) is 0. The Labute approximate surface area is 169 Å². The zero-order valence-corrected chi connectivity index (χ0v) is 16.3. The van der Waals surface area contributed by atoms with Gasteiger partial charge in [0.2, 0.25) is 17.7 Å². The van der Waals surface area contributed by atoms with Crippen molar-refractivity contribution in [3.8, 4) is 0 Å². The Bertz CT molecular complexity index is 782. The topological polar surface area (TPSA) is 104 Å². The quantitative estimate of drug-likeness (QED) is 0.676.